The number of pyridine rings is 1. The van der Waals surface area contributed by atoms with E-state index in [0.29, 0.717) is 55.9 Å². The number of aliphatic imine (C=N–C) groups is 1. The molecular formula is C27H35N5O5. The van der Waals surface area contributed by atoms with Gasteiger partial charge in [0.25, 0.3) is 5.91 Å². The monoisotopic (exact) mass is 509 g/mol. The lowest BCUT2D eigenvalue weighted by molar-refractivity contribution is -0.136. The van der Waals surface area contributed by atoms with Crippen LogP contribution in [0.25, 0.3) is 0 Å². The molecule has 0 spiro atoms. The number of aliphatic hydroxyl groups is 1. The quantitative estimate of drug-likeness (QED) is 0.404. The third kappa shape index (κ3) is 7.42. The van der Waals surface area contributed by atoms with Gasteiger partial charge in [-0.25, -0.2) is 4.98 Å². The molecule has 2 aliphatic rings. The van der Waals surface area contributed by atoms with E-state index in [2.05, 4.69) is 20.6 Å². The summed E-state index contributed by atoms with van der Waals surface area (Å²) in [4.78, 5) is 34.9. The number of aliphatic carboxylic acids is 1. The van der Waals surface area contributed by atoms with Crippen LogP contribution < -0.4 is 15.4 Å². The van der Waals surface area contributed by atoms with E-state index in [1.54, 1.807) is 13.2 Å². The molecule has 1 aromatic carbocycles. The average molecular weight is 510 g/mol. The fourth-order valence-electron chi connectivity index (χ4n) is 4.74. The number of aromatic nitrogens is 1. The molecule has 2 aromatic rings. The Morgan fingerprint density at radius 2 is 2.00 bits per heavy atom. The van der Waals surface area contributed by atoms with E-state index < -0.39 is 12.1 Å². The maximum atomic E-state index is 13.2. The Hall–Kier alpha value is -3.66. The number of ether oxygens (including phenoxy) is 1. The Morgan fingerprint density at radius 3 is 2.70 bits per heavy atom. The fourth-order valence-corrected chi connectivity index (χ4v) is 4.74. The normalized spacial score (nSPS) is 18.1. The number of anilines is 1. The lowest BCUT2D eigenvalue weighted by Gasteiger charge is -2.32. The number of hydrogen-bond donors (Lipinski definition) is 4. The molecule has 37 heavy (non-hydrogen) atoms. The summed E-state index contributed by atoms with van der Waals surface area (Å²) in [5.74, 6) is 0.798. The molecule has 4 rings (SSSR count). The fraction of sp³-hybridized carbons (Fsp3) is 0.481. The van der Waals surface area contributed by atoms with E-state index in [-0.39, 0.29) is 12.3 Å². The number of amides is 1. The number of nitrogens with zero attached hydrogens (tertiary/aromatic N) is 3. The standard InChI is InChI=1S/C27H35N5O5/c1-37-24-9-6-19(7-10-25(34)35)23(31-24)8-5-18-11-13-32(14-12-18)26(36)20-3-2-4-21(15-20)30-27-28-16-22(33)17-29-27/h2-4,6,9,15,18,22,33H,5,7-8,10-14,16-17H2,1H3,(H,34,35)(H2,28,29,30). The van der Waals surface area contributed by atoms with Crippen molar-refractivity contribution in [2.24, 2.45) is 10.9 Å². The lowest BCUT2D eigenvalue weighted by Crippen LogP contribution is -2.42. The molecule has 1 aromatic heterocycles. The summed E-state index contributed by atoms with van der Waals surface area (Å²) in [5, 5.41) is 24.8. The van der Waals surface area contributed by atoms with Gasteiger partial charge in [0.05, 0.1) is 19.8 Å². The van der Waals surface area contributed by atoms with Crippen molar-refractivity contribution in [1.29, 1.82) is 0 Å². The number of aryl methyl sites for hydroxylation is 2. The number of piperidine rings is 1. The first-order chi connectivity index (χ1) is 17.9. The van der Waals surface area contributed by atoms with E-state index in [0.717, 1.165) is 42.6 Å². The lowest BCUT2D eigenvalue weighted by atomic mass is 9.90. The molecule has 0 radical (unpaired) electrons. The molecule has 2 aliphatic heterocycles. The topological polar surface area (TPSA) is 136 Å². The Morgan fingerprint density at radius 1 is 1.19 bits per heavy atom. The zero-order valence-electron chi connectivity index (χ0n) is 21.2. The molecule has 1 atom stereocenters. The van der Waals surface area contributed by atoms with Crippen LogP contribution in [0.3, 0.4) is 0 Å². The second kappa shape index (κ2) is 12.5. The maximum absolute atomic E-state index is 13.2. The SMILES string of the molecule is COc1ccc(CCC(=O)O)c(CCC2CCN(C(=O)c3cccc(NC4=NCC(O)CN4)c3)CC2)n1. The number of carboxylic acid groups (broad SMARTS) is 1. The number of methoxy groups -OCH3 is 1. The minimum absolute atomic E-state index is 0.0153. The number of hydrogen-bond acceptors (Lipinski definition) is 8. The van der Waals surface area contributed by atoms with Crippen molar-refractivity contribution < 1.29 is 24.5 Å². The first-order valence-corrected chi connectivity index (χ1v) is 12.8. The highest BCUT2D eigenvalue weighted by molar-refractivity contribution is 5.98. The Labute approximate surface area is 216 Å². The largest absolute Gasteiger partial charge is 0.481 e. The van der Waals surface area contributed by atoms with Gasteiger partial charge in [-0.2, -0.15) is 0 Å². The van der Waals surface area contributed by atoms with Crippen molar-refractivity contribution in [2.75, 3.05) is 38.6 Å². The highest BCUT2D eigenvalue weighted by Gasteiger charge is 2.24. The molecule has 1 unspecified atom stereocenters. The maximum Gasteiger partial charge on any atom is 0.303 e. The van der Waals surface area contributed by atoms with Crippen molar-refractivity contribution in [3.8, 4) is 5.88 Å². The van der Waals surface area contributed by atoms with Gasteiger partial charge in [-0.1, -0.05) is 12.1 Å². The van der Waals surface area contributed by atoms with Gasteiger partial charge in [-0.15, -0.1) is 0 Å². The number of benzene rings is 1. The second-order valence-electron chi connectivity index (χ2n) is 9.56. The Balaban J connectivity index is 1.29. The van der Waals surface area contributed by atoms with Crippen molar-refractivity contribution in [3.05, 3.63) is 53.2 Å². The van der Waals surface area contributed by atoms with E-state index in [1.165, 1.54) is 0 Å². The predicted octanol–water partition coefficient (Wildman–Crippen LogP) is 2.32. The van der Waals surface area contributed by atoms with E-state index in [1.807, 2.05) is 35.2 Å². The van der Waals surface area contributed by atoms with Crippen LogP contribution in [0.4, 0.5) is 5.69 Å². The summed E-state index contributed by atoms with van der Waals surface area (Å²) in [7, 11) is 1.58. The van der Waals surface area contributed by atoms with Gasteiger partial charge in [0, 0.05) is 49.1 Å². The molecule has 10 heteroatoms. The molecule has 3 heterocycles. The average Bonchev–Trinajstić information content (AvgIpc) is 2.92. The van der Waals surface area contributed by atoms with Crippen molar-refractivity contribution in [3.63, 3.8) is 0 Å². The Bertz CT molecular complexity index is 1130. The zero-order valence-corrected chi connectivity index (χ0v) is 21.2. The first-order valence-electron chi connectivity index (χ1n) is 12.8. The van der Waals surface area contributed by atoms with E-state index in [9.17, 15) is 14.7 Å². The predicted molar refractivity (Wildman–Crippen MR) is 140 cm³/mol. The summed E-state index contributed by atoms with van der Waals surface area (Å²) in [6.07, 6.45) is 3.58. The molecule has 4 N–H and O–H groups in total. The van der Waals surface area contributed by atoms with Crippen LogP contribution in [0.15, 0.2) is 41.4 Å². The first kappa shape index (κ1) is 26.4. The van der Waals surface area contributed by atoms with Gasteiger partial charge < -0.3 is 30.5 Å². The highest BCUT2D eigenvalue weighted by Crippen LogP contribution is 2.26. The molecule has 1 amide bonds. The summed E-state index contributed by atoms with van der Waals surface area (Å²) >= 11 is 0. The molecule has 10 nitrogen and oxygen atoms in total. The molecule has 1 fully saturated rings. The van der Waals surface area contributed by atoms with Crippen molar-refractivity contribution in [2.45, 2.75) is 44.6 Å². The van der Waals surface area contributed by atoms with Crippen LogP contribution in [0, 0.1) is 5.92 Å². The molecule has 0 saturated carbocycles. The van der Waals surface area contributed by atoms with Gasteiger partial charge in [-0.05, 0) is 61.8 Å². The van der Waals surface area contributed by atoms with Crippen LogP contribution in [0.1, 0.15) is 47.3 Å². The summed E-state index contributed by atoms with van der Waals surface area (Å²) < 4.78 is 5.27. The van der Waals surface area contributed by atoms with Crippen LogP contribution >= 0.6 is 0 Å². The zero-order chi connectivity index (χ0) is 26.2. The number of rotatable bonds is 9. The number of nitrogens with one attached hydrogen (secondary N) is 2. The number of guanidine groups is 1. The minimum Gasteiger partial charge on any atom is -0.481 e. The molecule has 0 aliphatic carbocycles. The molecule has 0 bridgehead atoms. The van der Waals surface area contributed by atoms with Gasteiger partial charge in [0.2, 0.25) is 5.88 Å². The number of β-amino-alcohol motifs (C(OH)–C–C–N with tert-alkyl or cyclic N) is 1. The highest BCUT2D eigenvalue weighted by atomic mass is 16.5. The Kier molecular flexibility index (Phi) is 8.95. The van der Waals surface area contributed by atoms with E-state index >= 15 is 0 Å². The van der Waals surface area contributed by atoms with Gasteiger partial charge >= 0.3 is 5.97 Å². The number of carboxylic acids is 1. The van der Waals surface area contributed by atoms with Gasteiger partial charge in [-0.3, -0.25) is 14.6 Å². The van der Waals surface area contributed by atoms with E-state index in [4.69, 9.17) is 9.84 Å². The molecular weight excluding hydrogens is 474 g/mol. The van der Waals surface area contributed by atoms with Crippen molar-refractivity contribution >= 4 is 23.5 Å². The molecule has 198 valence electrons. The van der Waals surface area contributed by atoms with Crippen LogP contribution in [-0.4, -0.2) is 77.3 Å². The number of likely N-dealkylation sites (tertiary alicyclic amines) is 1. The van der Waals surface area contributed by atoms with Crippen molar-refractivity contribution in [1.82, 2.24) is 15.2 Å². The summed E-state index contributed by atoms with van der Waals surface area (Å²) in [6, 6.07) is 11.1. The molecule has 1 saturated heterocycles. The van der Waals surface area contributed by atoms with Gasteiger partial charge in [0.15, 0.2) is 5.96 Å². The number of carbonyl (C=O) groups is 2. The third-order valence-electron chi connectivity index (χ3n) is 6.89. The summed E-state index contributed by atoms with van der Waals surface area (Å²) in [5.41, 5.74) is 3.25. The van der Waals surface area contributed by atoms with Crippen LogP contribution in [0.2, 0.25) is 0 Å². The van der Waals surface area contributed by atoms with Crippen LogP contribution in [0.5, 0.6) is 5.88 Å². The number of aliphatic hydroxyl groups excluding tert-OH is 1. The smallest absolute Gasteiger partial charge is 0.303 e. The van der Waals surface area contributed by atoms with Gasteiger partial charge in [0.1, 0.15) is 0 Å². The number of carbonyl (C=O) groups excluding carboxylic acids is 1. The van der Waals surface area contributed by atoms with Crippen LogP contribution in [-0.2, 0) is 17.6 Å². The minimum atomic E-state index is -0.820. The second-order valence-corrected chi connectivity index (χ2v) is 9.56. The summed E-state index contributed by atoms with van der Waals surface area (Å²) in [6.45, 7) is 2.19. The third-order valence-corrected chi connectivity index (χ3v) is 6.89.